The molecule has 0 aromatic heterocycles. The third kappa shape index (κ3) is 6.47. The van der Waals surface area contributed by atoms with Crippen molar-refractivity contribution in [1.82, 2.24) is 9.44 Å². The van der Waals surface area contributed by atoms with Crippen LogP contribution in [0.2, 0.25) is 0 Å². The smallest absolute Gasteiger partial charge is 0.207 e. The zero-order valence-corrected chi connectivity index (χ0v) is 22.7. The van der Waals surface area contributed by atoms with Crippen LogP contribution in [-0.2, 0) is 30.9 Å². The summed E-state index contributed by atoms with van der Waals surface area (Å²) in [6.07, 6.45) is 2.84. The van der Waals surface area contributed by atoms with Crippen LogP contribution in [-0.4, -0.2) is 28.9 Å². The lowest BCUT2D eigenvalue weighted by Crippen LogP contribution is -2.53. The van der Waals surface area contributed by atoms with Crippen molar-refractivity contribution < 1.29 is 16.8 Å². The number of hydrogen-bond donors (Lipinski definition) is 2. The molecule has 0 amide bonds. The number of hydrogen-bond acceptors (Lipinski definition) is 4. The van der Waals surface area contributed by atoms with E-state index in [1.807, 2.05) is 24.3 Å². The van der Waals surface area contributed by atoms with Crippen molar-refractivity contribution in [2.75, 3.05) is 0 Å². The van der Waals surface area contributed by atoms with Gasteiger partial charge in [-0.2, -0.15) is 0 Å². The van der Waals surface area contributed by atoms with Gasteiger partial charge in [0, 0.05) is 12.1 Å². The van der Waals surface area contributed by atoms with E-state index in [2.05, 4.69) is 51.0 Å². The second-order valence-corrected chi connectivity index (χ2v) is 14.7. The van der Waals surface area contributed by atoms with E-state index in [9.17, 15) is 16.8 Å². The summed E-state index contributed by atoms with van der Waals surface area (Å²) in [5.74, 6) is 0. The molecule has 0 spiro atoms. The van der Waals surface area contributed by atoms with Crippen molar-refractivity contribution in [2.45, 2.75) is 99.9 Å². The fraction of sp³-hybridized carbons (Fsp3) is 0.538. The standard InChI is InChI=1S/C26H38N2O4S2/c1-25(2,3)19-11-15-21(16-12-19)33(29,30)27-23-9-7-8-10-24(23)28-34(31,32)22-17-13-20(14-18-22)26(4,5)6/h11-18,23-24,27-28H,7-10H2,1-6H3. The molecule has 34 heavy (non-hydrogen) atoms. The van der Waals surface area contributed by atoms with Gasteiger partial charge in [-0.25, -0.2) is 26.3 Å². The zero-order chi connectivity index (χ0) is 25.4. The summed E-state index contributed by atoms with van der Waals surface area (Å²) in [7, 11) is -7.56. The van der Waals surface area contributed by atoms with Crippen LogP contribution in [0.25, 0.3) is 0 Å². The molecular formula is C26H38N2O4S2. The lowest BCUT2D eigenvalue weighted by molar-refractivity contribution is 0.340. The Morgan fingerprint density at radius 1 is 0.588 bits per heavy atom. The Hall–Kier alpha value is -1.74. The average molecular weight is 507 g/mol. The summed E-state index contributed by atoms with van der Waals surface area (Å²) >= 11 is 0. The SMILES string of the molecule is CC(C)(C)c1ccc(S(=O)(=O)NC2CCCCC2NS(=O)(=O)c2ccc(C(C)(C)C)cc2)cc1. The Morgan fingerprint density at radius 2 is 0.882 bits per heavy atom. The van der Waals surface area contributed by atoms with Gasteiger partial charge in [0.15, 0.2) is 0 Å². The molecule has 8 heteroatoms. The molecule has 0 radical (unpaired) electrons. The van der Waals surface area contributed by atoms with Gasteiger partial charge in [0.1, 0.15) is 0 Å². The normalized spacial score (nSPS) is 20.3. The molecule has 1 aliphatic rings. The Morgan fingerprint density at radius 3 is 1.15 bits per heavy atom. The maximum absolute atomic E-state index is 13.1. The maximum atomic E-state index is 13.1. The van der Waals surface area contributed by atoms with E-state index in [0.717, 1.165) is 24.0 Å². The molecule has 6 nitrogen and oxygen atoms in total. The third-order valence-corrected chi connectivity index (χ3v) is 9.45. The molecule has 2 atom stereocenters. The minimum Gasteiger partial charge on any atom is -0.207 e. The van der Waals surface area contributed by atoms with Crippen molar-refractivity contribution >= 4 is 20.0 Å². The largest absolute Gasteiger partial charge is 0.240 e. The summed E-state index contributed by atoms with van der Waals surface area (Å²) in [6, 6.07) is 12.8. The highest BCUT2D eigenvalue weighted by Crippen LogP contribution is 2.27. The minimum atomic E-state index is -3.78. The highest BCUT2D eigenvalue weighted by atomic mass is 32.2. The van der Waals surface area contributed by atoms with Crippen LogP contribution >= 0.6 is 0 Å². The van der Waals surface area contributed by atoms with Crippen LogP contribution in [0.5, 0.6) is 0 Å². The van der Waals surface area contributed by atoms with Gasteiger partial charge < -0.3 is 0 Å². The van der Waals surface area contributed by atoms with Gasteiger partial charge in [-0.05, 0) is 59.1 Å². The molecule has 2 aromatic carbocycles. The first-order valence-corrected chi connectivity index (χ1v) is 14.8. The van der Waals surface area contributed by atoms with E-state index < -0.39 is 32.1 Å². The summed E-state index contributed by atoms with van der Waals surface area (Å²) in [5, 5.41) is 0. The van der Waals surface area contributed by atoms with E-state index in [-0.39, 0.29) is 20.6 Å². The maximum Gasteiger partial charge on any atom is 0.240 e. The fourth-order valence-electron chi connectivity index (χ4n) is 4.22. The quantitative estimate of drug-likeness (QED) is 0.586. The Balaban J connectivity index is 1.77. The van der Waals surface area contributed by atoms with Crippen molar-refractivity contribution in [1.29, 1.82) is 0 Å². The Labute approximate surface area is 205 Å². The van der Waals surface area contributed by atoms with E-state index in [0.29, 0.717) is 12.8 Å². The molecule has 2 unspecified atom stereocenters. The summed E-state index contributed by atoms with van der Waals surface area (Å²) in [5.41, 5.74) is 1.95. The zero-order valence-electron chi connectivity index (χ0n) is 21.1. The second kappa shape index (κ2) is 9.72. The molecule has 0 saturated heterocycles. The molecule has 1 saturated carbocycles. The molecule has 2 N–H and O–H groups in total. The van der Waals surface area contributed by atoms with Gasteiger partial charge in [-0.3, -0.25) is 0 Å². The molecule has 0 heterocycles. The predicted molar refractivity (Wildman–Crippen MR) is 137 cm³/mol. The van der Waals surface area contributed by atoms with E-state index in [4.69, 9.17) is 0 Å². The first-order valence-electron chi connectivity index (χ1n) is 11.9. The van der Waals surface area contributed by atoms with Crippen molar-refractivity contribution in [3.8, 4) is 0 Å². The molecule has 1 aliphatic carbocycles. The summed E-state index contributed by atoms with van der Waals surface area (Å²) in [4.78, 5) is 0.371. The molecule has 0 bridgehead atoms. The van der Waals surface area contributed by atoms with Crippen molar-refractivity contribution in [3.63, 3.8) is 0 Å². The van der Waals surface area contributed by atoms with Gasteiger partial charge in [-0.1, -0.05) is 78.6 Å². The van der Waals surface area contributed by atoms with E-state index in [1.165, 1.54) is 0 Å². The van der Waals surface area contributed by atoms with Crippen LogP contribution in [0.15, 0.2) is 58.3 Å². The van der Waals surface area contributed by atoms with Gasteiger partial charge in [0.2, 0.25) is 20.0 Å². The topological polar surface area (TPSA) is 92.3 Å². The van der Waals surface area contributed by atoms with Gasteiger partial charge in [-0.15, -0.1) is 0 Å². The number of benzene rings is 2. The Bertz CT molecular complexity index is 1090. The average Bonchev–Trinajstić information content (AvgIpc) is 2.74. The molecule has 2 aromatic rings. The van der Waals surface area contributed by atoms with E-state index in [1.54, 1.807) is 24.3 Å². The number of rotatable bonds is 6. The number of sulfonamides is 2. The first-order chi connectivity index (χ1) is 15.6. The summed E-state index contributed by atoms with van der Waals surface area (Å²) < 4.78 is 57.9. The van der Waals surface area contributed by atoms with Crippen LogP contribution in [0.1, 0.15) is 78.4 Å². The molecule has 0 aliphatic heterocycles. The van der Waals surface area contributed by atoms with Crippen LogP contribution in [0.4, 0.5) is 0 Å². The predicted octanol–water partition coefficient (Wildman–Crippen LogP) is 4.85. The van der Waals surface area contributed by atoms with Crippen molar-refractivity contribution in [3.05, 3.63) is 59.7 Å². The highest BCUT2D eigenvalue weighted by Gasteiger charge is 2.33. The fourth-order valence-corrected chi connectivity index (χ4v) is 6.84. The second-order valence-electron chi connectivity index (χ2n) is 11.3. The summed E-state index contributed by atoms with van der Waals surface area (Å²) in [6.45, 7) is 12.4. The Kier molecular flexibility index (Phi) is 7.68. The molecular weight excluding hydrogens is 468 g/mol. The van der Waals surface area contributed by atoms with Crippen LogP contribution in [0.3, 0.4) is 0 Å². The van der Waals surface area contributed by atoms with Crippen molar-refractivity contribution in [2.24, 2.45) is 0 Å². The molecule has 188 valence electrons. The minimum absolute atomic E-state index is 0.0758. The lowest BCUT2D eigenvalue weighted by atomic mass is 9.87. The number of nitrogens with one attached hydrogen (secondary N) is 2. The van der Waals surface area contributed by atoms with E-state index >= 15 is 0 Å². The highest BCUT2D eigenvalue weighted by molar-refractivity contribution is 7.90. The molecule has 1 fully saturated rings. The lowest BCUT2D eigenvalue weighted by Gasteiger charge is -2.32. The van der Waals surface area contributed by atoms with Crippen LogP contribution in [0, 0.1) is 0 Å². The molecule has 3 rings (SSSR count). The third-order valence-electron chi connectivity index (χ3n) is 6.44. The first kappa shape index (κ1) is 26.9. The van der Waals surface area contributed by atoms with Crippen LogP contribution < -0.4 is 9.44 Å². The van der Waals surface area contributed by atoms with Gasteiger partial charge in [0.05, 0.1) is 9.79 Å². The van der Waals surface area contributed by atoms with Gasteiger partial charge >= 0.3 is 0 Å². The van der Waals surface area contributed by atoms with Gasteiger partial charge in [0.25, 0.3) is 0 Å². The monoisotopic (exact) mass is 506 g/mol.